The quantitative estimate of drug-likeness (QED) is 0.848. The van der Waals surface area contributed by atoms with Gasteiger partial charge in [0.1, 0.15) is 5.75 Å². The SMILES string of the molecule is COc1cccc(C2CN(C(=O)C(C)C)CCN2C)c1. The molecule has 0 aliphatic carbocycles. The number of carbonyl (C=O) groups excluding carboxylic acids is 1. The van der Waals surface area contributed by atoms with Gasteiger partial charge in [-0.15, -0.1) is 0 Å². The number of carbonyl (C=O) groups is 1. The molecule has 1 fully saturated rings. The lowest BCUT2D eigenvalue weighted by atomic mass is 10.0. The molecular weight excluding hydrogens is 252 g/mol. The number of hydrogen-bond acceptors (Lipinski definition) is 3. The van der Waals surface area contributed by atoms with E-state index in [1.54, 1.807) is 7.11 Å². The molecule has 20 heavy (non-hydrogen) atoms. The van der Waals surface area contributed by atoms with Crippen LogP contribution in [0, 0.1) is 5.92 Å². The molecule has 2 rings (SSSR count). The normalized spacial score (nSPS) is 20.2. The maximum Gasteiger partial charge on any atom is 0.225 e. The Hall–Kier alpha value is -1.55. The fraction of sp³-hybridized carbons (Fsp3) is 0.562. The molecule has 1 saturated heterocycles. The van der Waals surface area contributed by atoms with Crippen molar-refractivity contribution >= 4 is 5.91 Å². The molecule has 0 spiro atoms. The van der Waals surface area contributed by atoms with Crippen LogP contribution in [-0.2, 0) is 4.79 Å². The van der Waals surface area contributed by atoms with Gasteiger partial charge in [-0.1, -0.05) is 26.0 Å². The van der Waals surface area contributed by atoms with Crippen molar-refractivity contribution in [3.63, 3.8) is 0 Å². The van der Waals surface area contributed by atoms with E-state index in [-0.39, 0.29) is 17.9 Å². The van der Waals surface area contributed by atoms with Crippen LogP contribution in [0.25, 0.3) is 0 Å². The van der Waals surface area contributed by atoms with E-state index in [1.165, 1.54) is 5.56 Å². The smallest absolute Gasteiger partial charge is 0.225 e. The predicted octanol–water partition coefficient (Wildman–Crippen LogP) is 2.17. The van der Waals surface area contributed by atoms with Crippen LogP contribution in [0.15, 0.2) is 24.3 Å². The summed E-state index contributed by atoms with van der Waals surface area (Å²) in [5.74, 6) is 1.17. The minimum absolute atomic E-state index is 0.0596. The lowest BCUT2D eigenvalue weighted by Crippen LogP contribution is -2.50. The second-order valence-electron chi connectivity index (χ2n) is 5.71. The molecule has 0 saturated carbocycles. The molecule has 4 heteroatoms. The van der Waals surface area contributed by atoms with Gasteiger partial charge in [0, 0.05) is 25.6 Å². The van der Waals surface area contributed by atoms with Gasteiger partial charge in [0.15, 0.2) is 0 Å². The van der Waals surface area contributed by atoms with Crippen molar-refractivity contribution in [3.8, 4) is 5.75 Å². The van der Waals surface area contributed by atoms with Crippen LogP contribution in [0.4, 0.5) is 0 Å². The highest BCUT2D eigenvalue weighted by Gasteiger charge is 2.29. The van der Waals surface area contributed by atoms with Crippen molar-refractivity contribution < 1.29 is 9.53 Å². The third kappa shape index (κ3) is 3.12. The van der Waals surface area contributed by atoms with E-state index in [2.05, 4.69) is 24.1 Å². The van der Waals surface area contributed by atoms with Crippen LogP contribution in [-0.4, -0.2) is 49.5 Å². The van der Waals surface area contributed by atoms with Crippen molar-refractivity contribution in [2.75, 3.05) is 33.8 Å². The summed E-state index contributed by atoms with van der Waals surface area (Å²) in [6, 6.07) is 8.35. The summed E-state index contributed by atoms with van der Waals surface area (Å²) in [5.41, 5.74) is 1.20. The van der Waals surface area contributed by atoms with Crippen LogP contribution in [0.5, 0.6) is 5.75 Å². The van der Waals surface area contributed by atoms with E-state index in [1.807, 2.05) is 30.9 Å². The maximum atomic E-state index is 12.2. The Labute approximate surface area is 121 Å². The van der Waals surface area contributed by atoms with Gasteiger partial charge in [0.25, 0.3) is 0 Å². The number of methoxy groups -OCH3 is 1. The number of ether oxygens (including phenoxy) is 1. The first-order valence-electron chi connectivity index (χ1n) is 7.16. The summed E-state index contributed by atoms with van der Waals surface area (Å²) < 4.78 is 5.29. The highest BCUT2D eigenvalue weighted by molar-refractivity contribution is 5.78. The lowest BCUT2D eigenvalue weighted by Gasteiger charge is -2.40. The van der Waals surface area contributed by atoms with Crippen LogP contribution < -0.4 is 4.74 Å². The van der Waals surface area contributed by atoms with Crippen molar-refractivity contribution in [1.29, 1.82) is 0 Å². The first kappa shape index (κ1) is 14.9. The fourth-order valence-electron chi connectivity index (χ4n) is 2.65. The van der Waals surface area contributed by atoms with E-state index in [0.29, 0.717) is 0 Å². The molecule has 1 aliphatic rings. The molecular formula is C16H24N2O2. The lowest BCUT2D eigenvalue weighted by molar-refractivity contribution is -0.137. The van der Waals surface area contributed by atoms with Gasteiger partial charge >= 0.3 is 0 Å². The van der Waals surface area contributed by atoms with E-state index in [4.69, 9.17) is 4.74 Å². The van der Waals surface area contributed by atoms with Crippen LogP contribution >= 0.6 is 0 Å². The topological polar surface area (TPSA) is 32.8 Å². The standard InChI is InChI=1S/C16H24N2O2/c1-12(2)16(19)18-9-8-17(3)15(11-18)13-6-5-7-14(10-13)20-4/h5-7,10,12,15H,8-9,11H2,1-4H3. The second-order valence-corrected chi connectivity index (χ2v) is 5.71. The minimum Gasteiger partial charge on any atom is -0.497 e. The fourth-order valence-corrected chi connectivity index (χ4v) is 2.65. The Morgan fingerprint density at radius 3 is 2.75 bits per heavy atom. The molecule has 110 valence electrons. The number of benzene rings is 1. The van der Waals surface area contributed by atoms with Crippen LogP contribution in [0.2, 0.25) is 0 Å². The molecule has 1 aromatic rings. The highest BCUT2D eigenvalue weighted by atomic mass is 16.5. The van der Waals surface area contributed by atoms with Gasteiger partial charge in [-0.3, -0.25) is 9.69 Å². The molecule has 0 N–H and O–H groups in total. The van der Waals surface area contributed by atoms with Gasteiger partial charge in [0.2, 0.25) is 5.91 Å². The molecule has 4 nitrogen and oxygen atoms in total. The Balaban J connectivity index is 2.18. The van der Waals surface area contributed by atoms with Gasteiger partial charge < -0.3 is 9.64 Å². The molecule has 1 heterocycles. The summed E-state index contributed by atoms with van der Waals surface area (Å²) in [6.45, 7) is 6.39. The molecule has 1 aromatic carbocycles. The zero-order valence-corrected chi connectivity index (χ0v) is 12.8. The average Bonchev–Trinajstić information content (AvgIpc) is 2.47. The average molecular weight is 276 g/mol. The van der Waals surface area contributed by atoms with E-state index >= 15 is 0 Å². The first-order chi connectivity index (χ1) is 9.52. The molecule has 1 atom stereocenters. The highest BCUT2D eigenvalue weighted by Crippen LogP contribution is 2.27. The Morgan fingerprint density at radius 1 is 1.35 bits per heavy atom. The van der Waals surface area contributed by atoms with Gasteiger partial charge in [-0.25, -0.2) is 0 Å². The maximum absolute atomic E-state index is 12.2. The number of hydrogen-bond donors (Lipinski definition) is 0. The summed E-state index contributed by atoms with van der Waals surface area (Å²) in [4.78, 5) is 16.5. The zero-order valence-electron chi connectivity index (χ0n) is 12.8. The number of amides is 1. The minimum atomic E-state index is 0.0596. The van der Waals surface area contributed by atoms with E-state index in [9.17, 15) is 4.79 Å². The predicted molar refractivity (Wildman–Crippen MR) is 79.8 cm³/mol. The van der Waals surface area contributed by atoms with Crippen molar-refractivity contribution in [2.24, 2.45) is 5.92 Å². The monoisotopic (exact) mass is 276 g/mol. The zero-order chi connectivity index (χ0) is 14.7. The molecule has 0 radical (unpaired) electrons. The van der Waals surface area contributed by atoms with Crippen molar-refractivity contribution in [3.05, 3.63) is 29.8 Å². The molecule has 1 amide bonds. The molecule has 1 unspecified atom stereocenters. The number of rotatable bonds is 3. The Morgan fingerprint density at radius 2 is 2.10 bits per heavy atom. The van der Waals surface area contributed by atoms with Crippen LogP contribution in [0.1, 0.15) is 25.5 Å². The number of nitrogens with zero attached hydrogens (tertiary/aromatic N) is 2. The Kier molecular flexibility index (Phi) is 4.65. The van der Waals surface area contributed by atoms with Gasteiger partial charge in [-0.05, 0) is 24.7 Å². The van der Waals surface area contributed by atoms with Gasteiger partial charge in [0.05, 0.1) is 13.2 Å². The summed E-state index contributed by atoms with van der Waals surface area (Å²) in [7, 11) is 3.79. The summed E-state index contributed by atoms with van der Waals surface area (Å²) in [6.07, 6.45) is 0. The Bertz CT molecular complexity index is 473. The molecule has 0 aromatic heterocycles. The van der Waals surface area contributed by atoms with E-state index in [0.717, 1.165) is 25.4 Å². The third-order valence-electron chi connectivity index (χ3n) is 3.93. The number of piperazine rings is 1. The molecule has 1 aliphatic heterocycles. The summed E-state index contributed by atoms with van der Waals surface area (Å²) in [5, 5.41) is 0. The van der Waals surface area contributed by atoms with E-state index < -0.39 is 0 Å². The van der Waals surface area contributed by atoms with Crippen molar-refractivity contribution in [2.45, 2.75) is 19.9 Å². The van der Waals surface area contributed by atoms with Gasteiger partial charge in [-0.2, -0.15) is 0 Å². The summed E-state index contributed by atoms with van der Waals surface area (Å²) >= 11 is 0. The second kappa shape index (κ2) is 6.27. The van der Waals surface area contributed by atoms with Crippen LogP contribution in [0.3, 0.4) is 0 Å². The third-order valence-corrected chi connectivity index (χ3v) is 3.93. The first-order valence-corrected chi connectivity index (χ1v) is 7.16. The van der Waals surface area contributed by atoms with Crippen molar-refractivity contribution in [1.82, 2.24) is 9.80 Å². The largest absolute Gasteiger partial charge is 0.497 e. The molecule has 0 bridgehead atoms. The number of likely N-dealkylation sites (N-methyl/N-ethyl adjacent to an activating group) is 1.